The van der Waals surface area contributed by atoms with Crippen LogP contribution in [0.3, 0.4) is 0 Å². The summed E-state index contributed by atoms with van der Waals surface area (Å²) in [5, 5.41) is 0. The number of Topliss-reactive ketones (excluding diaryl/α,β-unsaturated/α-hetero) is 1. The van der Waals surface area contributed by atoms with Gasteiger partial charge in [-0.15, -0.1) is 0 Å². The fourth-order valence-corrected chi connectivity index (χ4v) is 3.21. The van der Waals surface area contributed by atoms with Crippen molar-refractivity contribution in [3.8, 4) is 0 Å². The first kappa shape index (κ1) is 17.1. The Morgan fingerprint density at radius 2 is 1.64 bits per heavy atom. The molecule has 1 heterocycles. The summed E-state index contributed by atoms with van der Waals surface area (Å²) in [6.07, 6.45) is 2.33. The molecule has 0 bridgehead atoms. The van der Waals surface area contributed by atoms with Gasteiger partial charge in [0.1, 0.15) is 9.48 Å². The number of carbonyl (C=O) groups is 1. The van der Waals surface area contributed by atoms with Gasteiger partial charge in [0.25, 0.3) is 0 Å². The molecule has 116 valence electrons. The molecule has 22 heavy (non-hydrogen) atoms. The first-order valence-electron chi connectivity index (χ1n) is 6.84. The fraction of sp³-hybridized carbons (Fsp3) is 0.250. The van der Waals surface area contributed by atoms with Gasteiger partial charge in [-0.3, -0.25) is 9.78 Å². The van der Waals surface area contributed by atoms with Gasteiger partial charge in [0.2, 0.25) is 0 Å². The van der Waals surface area contributed by atoms with Gasteiger partial charge in [0.15, 0.2) is 9.84 Å². The van der Waals surface area contributed by atoms with Crippen LogP contribution in [-0.4, -0.2) is 24.9 Å². The highest BCUT2D eigenvalue weighted by atomic mass is 127. The van der Waals surface area contributed by atoms with E-state index in [4.69, 9.17) is 0 Å². The third kappa shape index (κ3) is 4.61. The average Bonchev–Trinajstić information content (AvgIpc) is 2.50. The van der Waals surface area contributed by atoms with E-state index in [-0.39, 0.29) is 11.5 Å². The maximum absolute atomic E-state index is 12.1. The van der Waals surface area contributed by atoms with Crippen molar-refractivity contribution in [2.45, 2.75) is 24.7 Å². The van der Waals surface area contributed by atoms with Gasteiger partial charge in [0.05, 0.1) is 10.6 Å². The third-order valence-electron chi connectivity index (χ3n) is 3.25. The molecule has 0 unspecified atom stereocenters. The van der Waals surface area contributed by atoms with E-state index < -0.39 is 9.84 Å². The van der Waals surface area contributed by atoms with E-state index in [1.807, 2.05) is 12.1 Å². The van der Waals surface area contributed by atoms with Crippen molar-refractivity contribution < 1.29 is 13.2 Å². The van der Waals surface area contributed by atoms with Crippen molar-refractivity contribution >= 4 is 38.2 Å². The van der Waals surface area contributed by atoms with Crippen LogP contribution in [0.4, 0.5) is 0 Å². The summed E-state index contributed by atoms with van der Waals surface area (Å²) in [6.45, 7) is 1.61. The lowest BCUT2D eigenvalue weighted by Gasteiger charge is -2.04. The fourth-order valence-electron chi connectivity index (χ4n) is 2.01. The van der Waals surface area contributed by atoms with Crippen LogP contribution in [0.15, 0.2) is 47.5 Å². The van der Waals surface area contributed by atoms with Crippen LogP contribution in [0.1, 0.15) is 18.1 Å². The Balaban J connectivity index is 2.01. The van der Waals surface area contributed by atoms with E-state index in [1.165, 1.54) is 0 Å². The molecule has 1 aromatic heterocycles. The highest BCUT2D eigenvalue weighted by Gasteiger charge is 2.12. The Hall–Kier alpha value is -1.28. The molecule has 1 aromatic carbocycles. The second kappa shape index (κ2) is 7.32. The Morgan fingerprint density at radius 3 is 2.18 bits per heavy atom. The number of nitrogens with zero attached hydrogens (tertiary/aromatic N) is 1. The SMILES string of the molecule is CCS(=O)(=O)c1ccc(CC(=O)Cc2ccc(I)nc2)cc1. The van der Waals surface area contributed by atoms with E-state index in [9.17, 15) is 13.2 Å². The normalized spacial score (nSPS) is 11.4. The molecular weight excluding hydrogens is 413 g/mol. The summed E-state index contributed by atoms with van der Waals surface area (Å²) in [5.41, 5.74) is 1.70. The number of hydrogen-bond donors (Lipinski definition) is 0. The van der Waals surface area contributed by atoms with Crippen LogP contribution in [-0.2, 0) is 27.5 Å². The summed E-state index contributed by atoms with van der Waals surface area (Å²) in [6, 6.07) is 10.3. The second-order valence-electron chi connectivity index (χ2n) is 4.93. The number of aromatic nitrogens is 1. The molecule has 6 heteroatoms. The minimum absolute atomic E-state index is 0.0745. The van der Waals surface area contributed by atoms with Crippen molar-refractivity contribution in [2.24, 2.45) is 0 Å². The van der Waals surface area contributed by atoms with Gasteiger partial charge in [-0.1, -0.05) is 25.1 Å². The predicted octanol–water partition coefficient (Wildman–Crippen LogP) is 2.83. The minimum Gasteiger partial charge on any atom is -0.299 e. The smallest absolute Gasteiger partial charge is 0.178 e. The average molecular weight is 429 g/mol. The molecule has 0 spiro atoms. The summed E-state index contributed by atoms with van der Waals surface area (Å²) in [4.78, 5) is 16.5. The van der Waals surface area contributed by atoms with E-state index in [2.05, 4.69) is 27.6 Å². The number of hydrogen-bond acceptors (Lipinski definition) is 4. The number of pyridine rings is 1. The summed E-state index contributed by atoms with van der Waals surface area (Å²) in [5.74, 6) is 0.152. The molecule has 0 fully saturated rings. The lowest BCUT2D eigenvalue weighted by atomic mass is 10.0. The zero-order valence-electron chi connectivity index (χ0n) is 12.1. The molecule has 0 saturated carbocycles. The first-order chi connectivity index (χ1) is 10.4. The van der Waals surface area contributed by atoms with Crippen LogP contribution >= 0.6 is 22.6 Å². The quantitative estimate of drug-likeness (QED) is 0.524. The van der Waals surface area contributed by atoms with Gasteiger partial charge in [0, 0.05) is 19.0 Å². The van der Waals surface area contributed by atoms with E-state index >= 15 is 0 Å². The van der Waals surface area contributed by atoms with Gasteiger partial charge in [-0.25, -0.2) is 8.42 Å². The Labute approximate surface area is 144 Å². The van der Waals surface area contributed by atoms with Gasteiger partial charge in [-0.05, 0) is 51.9 Å². The topological polar surface area (TPSA) is 64.1 Å². The summed E-state index contributed by atoms with van der Waals surface area (Å²) >= 11 is 2.12. The molecule has 0 aliphatic rings. The van der Waals surface area contributed by atoms with E-state index in [0.29, 0.717) is 17.7 Å². The molecule has 0 aliphatic heterocycles. The number of sulfone groups is 1. The van der Waals surface area contributed by atoms with Crippen LogP contribution in [0.25, 0.3) is 0 Å². The van der Waals surface area contributed by atoms with Crippen molar-refractivity contribution in [2.75, 3.05) is 5.75 Å². The molecule has 2 rings (SSSR count). The maximum atomic E-state index is 12.1. The maximum Gasteiger partial charge on any atom is 0.178 e. The van der Waals surface area contributed by atoms with E-state index in [1.54, 1.807) is 37.4 Å². The van der Waals surface area contributed by atoms with Crippen molar-refractivity contribution in [1.29, 1.82) is 0 Å². The first-order valence-corrected chi connectivity index (χ1v) is 9.57. The molecule has 0 N–H and O–H groups in total. The zero-order valence-corrected chi connectivity index (χ0v) is 15.1. The molecular formula is C16H16INO3S. The lowest BCUT2D eigenvalue weighted by Crippen LogP contribution is -2.08. The Morgan fingerprint density at radius 1 is 1.05 bits per heavy atom. The van der Waals surface area contributed by atoms with Crippen molar-refractivity contribution in [3.63, 3.8) is 0 Å². The van der Waals surface area contributed by atoms with E-state index in [0.717, 1.165) is 14.8 Å². The van der Waals surface area contributed by atoms with Gasteiger partial charge >= 0.3 is 0 Å². The molecule has 2 aromatic rings. The van der Waals surface area contributed by atoms with Crippen LogP contribution in [0.5, 0.6) is 0 Å². The predicted molar refractivity (Wildman–Crippen MR) is 93.5 cm³/mol. The molecule has 0 radical (unpaired) electrons. The molecule has 0 amide bonds. The van der Waals surface area contributed by atoms with Crippen molar-refractivity contribution in [3.05, 3.63) is 57.4 Å². The number of halogens is 1. The molecule has 0 saturated heterocycles. The van der Waals surface area contributed by atoms with Crippen LogP contribution in [0, 0.1) is 3.70 Å². The number of benzene rings is 1. The summed E-state index contributed by atoms with van der Waals surface area (Å²) < 4.78 is 24.3. The van der Waals surface area contributed by atoms with Crippen LogP contribution in [0.2, 0.25) is 0 Å². The molecule has 0 atom stereocenters. The third-order valence-corrected chi connectivity index (χ3v) is 5.64. The monoisotopic (exact) mass is 429 g/mol. The highest BCUT2D eigenvalue weighted by molar-refractivity contribution is 14.1. The Kier molecular flexibility index (Phi) is 5.69. The number of carbonyl (C=O) groups excluding carboxylic acids is 1. The minimum atomic E-state index is -3.19. The second-order valence-corrected chi connectivity index (χ2v) is 8.31. The largest absolute Gasteiger partial charge is 0.299 e. The standard InChI is InChI=1S/C16H16INO3S/c1-2-22(20,21)15-6-3-12(4-7-15)9-14(19)10-13-5-8-16(17)18-11-13/h3-8,11H,2,9-10H2,1H3. The zero-order chi connectivity index (χ0) is 16.2. The number of ketones is 1. The summed E-state index contributed by atoms with van der Waals surface area (Å²) in [7, 11) is -3.19. The molecule has 4 nitrogen and oxygen atoms in total. The van der Waals surface area contributed by atoms with Crippen molar-refractivity contribution in [1.82, 2.24) is 4.98 Å². The highest BCUT2D eigenvalue weighted by Crippen LogP contribution is 2.13. The lowest BCUT2D eigenvalue weighted by molar-refractivity contribution is -0.117. The molecule has 0 aliphatic carbocycles. The van der Waals surface area contributed by atoms with Gasteiger partial charge in [-0.2, -0.15) is 0 Å². The number of rotatable bonds is 6. The van der Waals surface area contributed by atoms with Gasteiger partial charge < -0.3 is 0 Å². The Bertz CT molecular complexity index is 753. The van der Waals surface area contributed by atoms with Crippen LogP contribution < -0.4 is 0 Å².